The lowest BCUT2D eigenvalue weighted by molar-refractivity contribution is -0.144. The molecule has 0 spiro atoms. The van der Waals surface area contributed by atoms with Crippen molar-refractivity contribution in [1.82, 2.24) is 25.1 Å². The van der Waals surface area contributed by atoms with Gasteiger partial charge in [-0.3, -0.25) is 23.7 Å². The summed E-state index contributed by atoms with van der Waals surface area (Å²) in [5.74, 6) is -3.69. The SMILES string of the molecule is CN(C)C(=O)C(=O)NC1CC2CCC1c1nc(C(=O)NCc3ccc(F)c(Cl)c3)c(O)c(=O)n1C2. The van der Waals surface area contributed by atoms with Crippen molar-refractivity contribution in [3.8, 4) is 5.75 Å². The fourth-order valence-electron chi connectivity index (χ4n) is 4.68. The van der Waals surface area contributed by atoms with Crippen LogP contribution in [0.1, 0.15) is 47.1 Å². The fourth-order valence-corrected chi connectivity index (χ4v) is 4.88. The number of amides is 3. The van der Waals surface area contributed by atoms with E-state index in [1.165, 1.54) is 41.8 Å². The van der Waals surface area contributed by atoms with Gasteiger partial charge in [0.25, 0.3) is 11.5 Å². The Morgan fingerprint density at radius 3 is 2.71 bits per heavy atom. The van der Waals surface area contributed by atoms with Gasteiger partial charge in [0.1, 0.15) is 11.6 Å². The monoisotopic (exact) mass is 505 g/mol. The zero-order valence-corrected chi connectivity index (χ0v) is 19.9. The minimum absolute atomic E-state index is 0.0325. The summed E-state index contributed by atoms with van der Waals surface area (Å²) >= 11 is 5.77. The van der Waals surface area contributed by atoms with Crippen molar-refractivity contribution in [2.24, 2.45) is 5.92 Å². The smallest absolute Gasteiger partial charge is 0.311 e. The highest BCUT2D eigenvalue weighted by atomic mass is 35.5. The van der Waals surface area contributed by atoms with E-state index in [-0.39, 0.29) is 29.9 Å². The van der Waals surface area contributed by atoms with Crippen LogP contribution in [0.5, 0.6) is 5.75 Å². The van der Waals surface area contributed by atoms with Crippen molar-refractivity contribution < 1.29 is 23.9 Å². The van der Waals surface area contributed by atoms with Gasteiger partial charge in [0.15, 0.2) is 5.69 Å². The van der Waals surface area contributed by atoms with Crippen molar-refractivity contribution in [3.63, 3.8) is 0 Å². The molecule has 2 bridgehead atoms. The van der Waals surface area contributed by atoms with E-state index in [9.17, 15) is 28.7 Å². The Labute approximate surface area is 205 Å². The number of likely N-dealkylation sites (N-methyl/N-ethyl adjacent to an activating group) is 1. The molecule has 1 aromatic heterocycles. The first kappa shape index (κ1) is 24.6. The quantitative estimate of drug-likeness (QED) is 0.534. The number of nitrogens with one attached hydrogen (secondary N) is 2. The maximum absolute atomic E-state index is 13.4. The summed E-state index contributed by atoms with van der Waals surface area (Å²) in [4.78, 5) is 55.8. The number of benzene rings is 1. The average molecular weight is 506 g/mol. The molecule has 12 heteroatoms. The van der Waals surface area contributed by atoms with E-state index in [1.54, 1.807) is 0 Å². The van der Waals surface area contributed by atoms with Gasteiger partial charge < -0.3 is 20.6 Å². The highest BCUT2D eigenvalue weighted by molar-refractivity contribution is 6.34. The number of aromatic nitrogens is 2. The van der Waals surface area contributed by atoms with Crippen molar-refractivity contribution in [3.05, 3.63) is 56.5 Å². The third-order valence-electron chi connectivity index (χ3n) is 6.48. The molecule has 0 saturated heterocycles. The summed E-state index contributed by atoms with van der Waals surface area (Å²) < 4.78 is 14.7. The number of fused-ring (bicyclic) bond motifs is 2. The molecule has 1 fully saturated rings. The molecule has 0 radical (unpaired) electrons. The Bertz CT molecular complexity index is 1260. The third kappa shape index (κ3) is 4.86. The lowest BCUT2D eigenvalue weighted by atomic mass is 9.79. The molecule has 2 aliphatic heterocycles. The number of halogens is 2. The number of hydrogen-bond acceptors (Lipinski definition) is 6. The van der Waals surface area contributed by atoms with Crippen LogP contribution < -0.4 is 16.2 Å². The zero-order chi connectivity index (χ0) is 25.4. The summed E-state index contributed by atoms with van der Waals surface area (Å²) in [5.41, 5.74) is -0.657. The fraction of sp³-hybridized carbons (Fsp3) is 0.435. The first-order valence-electron chi connectivity index (χ1n) is 11.1. The Balaban J connectivity index is 1.61. The van der Waals surface area contributed by atoms with Gasteiger partial charge in [0.2, 0.25) is 5.75 Å². The maximum atomic E-state index is 13.4. The molecule has 35 heavy (non-hydrogen) atoms. The van der Waals surface area contributed by atoms with Crippen LogP contribution in [0.2, 0.25) is 5.02 Å². The Kier molecular flexibility index (Phi) is 6.79. The van der Waals surface area contributed by atoms with E-state index in [1.807, 2.05) is 0 Å². The van der Waals surface area contributed by atoms with Crippen LogP contribution >= 0.6 is 11.6 Å². The van der Waals surface area contributed by atoms with E-state index in [2.05, 4.69) is 15.6 Å². The highest BCUT2D eigenvalue weighted by Crippen LogP contribution is 2.39. The van der Waals surface area contributed by atoms with E-state index in [0.29, 0.717) is 18.4 Å². The van der Waals surface area contributed by atoms with Crippen LogP contribution in [-0.4, -0.2) is 57.4 Å². The molecule has 2 aromatic rings. The van der Waals surface area contributed by atoms with Crippen LogP contribution in [0.4, 0.5) is 4.39 Å². The van der Waals surface area contributed by atoms with Crippen LogP contribution in [-0.2, 0) is 22.7 Å². The second kappa shape index (κ2) is 9.65. The van der Waals surface area contributed by atoms with Gasteiger partial charge in [-0.25, -0.2) is 9.37 Å². The van der Waals surface area contributed by atoms with Crippen LogP contribution in [0.15, 0.2) is 23.0 Å². The molecular weight excluding hydrogens is 481 g/mol. The lowest BCUT2D eigenvalue weighted by Crippen LogP contribution is -2.48. The molecule has 1 aromatic carbocycles. The molecule has 186 valence electrons. The van der Waals surface area contributed by atoms with Gasteiger partial charge >= 0.3 is 11.8 Å². The standard InChI is InChI=1S/C23H25ClFN5O5/c1-29(2)23(35)21(33)27-16-8-12-3-5-13(16)19-28-17(18(31)22(34)30(19)10-12)20(32)26-9-11-4-6-15(25)14(24)7-11/h4,6-7,12-13,16,31H,3,5,8-10H2,1-2H3,(H,26,32)(H,27,33). The van der Waals surface area contributed by atoms with E-state index in [4.69, 9.17) is 11.6 Å². The predicted octanol–water partition coefficient (Wildman–Crippen LogP) is 1.14. The first-order chi connectivity index (χ1) is 16.6. The summed E-state index contributed by atoms with van der Waals surface area (Å²) in [5, 5.41) is 15.7. The van der Waals surface area contributed by atoms with Gasteiger partial charge in [-0.05, 0) is 42.9 Å². The van der Waals surface area contributed by atoms with Gasteiger partial charge in [0, 0.05) is 39.1 Å². The second-order valence-electron chi connectivity index (χ2n) is 9.08. The minimum Gasteiger partial charge on any atom is -0.501 e. The van der Waals surface area contributed by atoms with E-state index < -0.39 is 52.5 Å². The van der Waals surface area contributed by atoms with Crippen molar-refractivity contribution in [1.29, 1.82) is 0 Å². The number of carbonyl (C=O) groups is 3. The normalized spacial score (nSPS) is 20.5. The average Bonchev–Trinajstić information content (AvgIpc) is 3.09. The Morgan fingerprint density at radius 2 is 2.03 bits per heavy atom. The minimum atomic E-state index is -0.786. The summed E-state index contributed by atoms with van der Waals surface area (Å²) in [6.45, 7) is 0.254. The summed E-state index contributed by atoms with van der Waals surface area (Å²) in [7, 11) is 2.95. The second-order valence-corrected chi connectivity index (χ2v) is 9.49. The molecule has 1 aliphatic carbocycles. The van der Waals surface area contributed by atoms with Crippen LogP contribution in [0.25, 0.3) is 0 Å². The van der Waals surface area contributed by atoms with Crippen molar-refractivity contribution in [2.75, 3.05) is 14.1 Å². The molecule has 3 heterocycles. The van der Waals surface area contributed by atoms with Crippen LogP contribution in [0.3, 0.4) is 0 Å². The molecule has 3 N–H and O–H groups in total. The molecule has 3 unspecified atom stereocenters. The molecule has 3 atom stereocenters. The Hall–Kier alpha value is -3.47. The molecule has 3 aliphatic rings. The van der Waals surface area contributed by atoms with E-state index >= 15 is 0 Å². The number of hydrogen-bond donors (Lipinski definition) is 3. The molecule has 5 rings (SSSR count). The summed E-state index contributed by atoms with van der Waals surface area (Å²) in [6.07, 6.45) is 1.90. The van der Waals surface area contributed by atoms with Crippen molar-refractivity contribution in [2.45, 2.75) is 44.3 Å². The van der Waals surface area contributed by atoms with Gasteiger partial charge in [-0.15, -0.1) is 0 Å². The van der Waals surface area contributed by atoms with Crippen LogP contribution in [0, 0.1) is 11.7 Å². The molecular formula is C23H25ClFN5O5. The van der Waals surface area contributed by atoms with E-state index in [0.717, 1.165) is 6.42 Å². The Morgan fingerprint density at radius 1 is 1.29 bits per heavy atom. The summed E-state index contributed by atoms with van der Waals surface area (Å²) in [6, 6.07) is 3.52. The molecule has 1 saturated carbocycles. The largest absolute Gasteiger partial charge is 0.501 e. The van der Waals surface area contributed by atoms with Gasteiger partial charge in [-0.1, -0.05) is 17.7 Å². The van der Waals surface area contributed by atoms with Crippen molar-refractivity contribution >= 4 is 29.3 Å². The predicted molar refractivity (Wildman–Crippen MR) is 123 cm³/mol. The number of aromatic hydroxyl groups is 1. The zero-order valence-electron chi connectivity index (χ0n) is 19.2. The number of nitrogens with zero attached hydrogens (tertiary/aromatic N) is 3. The highest BCUT2D eigenvalue weighted by Gasteiger charge is 2.41. The number of carbonyl (C=O) groups excluding carboxylic acids is 3. The first-order valence-corrected chi connectivity index (χ1v) is 11.5. The number of rotatable bonds is 4. The lowest BCUT2D eigenvalue weighted by Gasteiger charge is -2.32. The molecule has 10 nitrogen and oxygen atoms in total. The van der Waals surface area contributed by atoms with Gasteiger partial charge in [-0.2, -0.15) is 0 Å². The molecule has 3 amide bonds. The van der Waals surface area contributed by atoms with Gasteiger partial charge in [0.05, 0.1) is 5.02 Å². The topological polar surface area (TPSA) is 134 Å². The third-order valence-corrected chi connectivity index (χ3v) is 6.76. The maximum Gasteiger partial charge on any atom is 0.311 e.